The maximum absolute atomic E-state index is 12.0. The predicted molar refractivity (Wildman–Crippen MR) is 81.3 cm³/mol. The number of nitrogens with two attached hydrogens (primary N) is 1. The van der Waals surface area contributed by atoms with Crippen molar-refractivity contribution in [3.8, 4) is 0 Å². The second-order valence-electron chi connectivity index (χ2n) is 4.96. The van der Waals surface area contributed by atoms with Crippen molar-refractivity contribution in [3.63, 3.8) is 0 Å². The minimum Gasteiger partial charge on any atom is -0.399 e. The number of nitrogens with one attached hydrogen (secondary N) is 2. The topological polar surface area (TPSA) is 101 Å². The van der Waals surface area contributed by atoms with Gasteiger partial charge in [0.05, 0.1) is 10.9 Å². The van der Waals surface area contributed by atoms with Gasteiger partial charge in [-0.1, -0.05) is 0 Å². The van der Waals surface area contributed by atoms with E-state index in [9.17, 15) is 9.00 Å². The van der Waals surface area contributed by atoms with Gasteiger partial charge in [-0.2, -0.15) is 0 Å². The highest BCUT2D eigenvalue weighted by Gasteiger charge is 2.18. The number of nitrogens with zero attached hydrogens (tertiary/aromatic N) is 1. The van der Waals surface area contributed by atoms with Crippen LogP contribution in [-0.2, 0) is 10.8 Å². The summed E-state index contributed by atoms with van der Waals surface area (Å²) in [7, 11) is -0.694. The first-order valence-electron chi connectivity index (χ1n) is 6.53. The molecule has 1 aromatic carbocycles. The number of benzene rings is 1. The fourth-order valence-corrected chi connectivity index (χ4v) is 3.66. The molecule has 0 spiro atoms. The van der Waals surface area contributed by atoms with Gasteiger partial charge in [0.2, 0.25) is 5.95 Å². The normalized spacial score (nSPS) is 22.8. The van der Waals surface area contributed by atoms with Crippen molar-refractivity contribution >= 4 is 33.3 Å². The van der Waals surface area contributed by atoms with E-state index in [-0.39, 0.29) is 11.6 Å². The summed E-state index contributed by atoms with van der Waals surface area (Å²) in [6.45, 7) is 0. The number of hydrogen-bond donors (Lipinski definition) is 3. The molecule has 0 unspecified atom stereocenters. The molecule has 1 saturated heterocycles. The smallest absolute Gasteiger partial charge is 0.260 e. The number of fused-ring (bicyclic) bond motifs is 1. The predicted octanol–water partition coefficient (Wildman–Crippen LogP) is 0.828. The quantitative estimate of drug-likeness (QED) is 0.712. The number of aromatic nitrogens is 2. The van der Waals surface area contributed by atoms with Gasteiger partial charge in [-0.25, -0.2) is 4.98 Å². The highest BCUT2D eigenvalue weighted by Crippen LogP contribution is 2.16. The van der Waals surface area contributed by atoms with Crippen molar-refractivity contribution in [2.45, 2.75) is 18.9 Å². The van der Waals surface area contributed by atoms with E-state index in [4.69, 9.17) is 5.73 Å². The van der Waals surface area contributed by atoms with Crippen LogP contribution >= 0.6 is 0 Å². The minimum absolute atomic E-state index is 0.204. The summed E-state index contributed by atoms with van der Waals surface area (Å²) in [6.07, 6.45) is 1.66. The first-order valence-corrected chi connectivity index (χ1v) is 8.02. The van der Waals surface area contributed by atoms with Crippen molar-refractivity contribution in [1.82, 2.24) is 9.97 Å². The highest BCUT2D eigenvalue weighted by molar-refractivity contribution is 7.85. The van der Waals surface area contributed by atoms with Crippen LogP contribution in [0.2, 0.25) is 0 Å². The minimum atomic E-state index is -0.694. The van der Waals surface area contributed by atoms with E-state index in [1.54, 1.807) is 18.2 Å². The first-order chi connectivity index (χ1) is 9.61. The number of H-pyrrole nitrogens is 1. The second kappa shape index (κ2) is 5.24. The monoisotopic (exact) mass is 292 g/mol. The van der Waals surface area contributed by atoms with Crippen molar-refractivity contribution in [1.29, 1.82) is 0 Å². The average Bonchev–Trinajstić information content (AvgIpc) is 2.42. The number of aromatic amines is 1. The van der Waals surface area contributed by atoms with Crippen LogP contribution in [0.3, 0.4) is 0 Å². The Morgan fingerprint density at radius 1 is 1.35 bits per heavy atom. The molecule has 1 aromatic heterocycles. The van der Waals surface area contributed by atoms with Crippen LogP contribution < -0.4 is 16.6 Å². The molecule has 6 nitrogen and oxygen atoms in total. The van der Waals surface area contributed by atoms with E-state index in [0.717, 1.165) is 12.8 Å². The van der Waals surface area contributed by atoms with E-state index < -0.39 is 10.8 Å². The first kappa shape index (κ1) is 13.1. The fourth-order valence-electron chi connectivity index (χ4n) is 2.36. The molecule has 0 aliphatic carbocycles. The van der Waals surface area contributed by atoms with Gasteiger partial charge in [0, 0.05) is 34.0 Å². The van der Waals surface area contributed by atoms with E-state index in [0.29, 0.717) is 34.0 Å². The summed E-state index contributed by atoms with van der Waals surface area (Å²) in [6, 6.07) is 5.29. The lowest BCUT2D eigenvalue weighted by Gasteiger charge is -2.22. The van der Waals surface area contributed by atoms with Crippen molar-refractivity contribution < 1.29 is 4.21 Å². The molecule has 0 amide bonds. The summed E-state index contributed by atoms with van der Waals surface area (Å²) in [5.41, 5.74) is 6.62. The van der Waals surface area contributed by atoms with Crippen molar-refractivity contribution in [3.05, 3.63) is 28.6 Å². The Bertz CT molecular complexity index is 718. The lowest BCUT2D eigenvalue weighted by Crippen LogP contribution is -2.30. The van der Waals surface area contributed by atoms with Gasteiger partial charge in [0.15, 0.2) is 0 Å². The molecule has 2 aromatic rings. The largest absolute Gasteiger partial charge is 0.399 e. The van der Waals surface area contributed by atoms with Crippen LogP contribution in [0.25, 0.3) is 10.9 Å². The molecule has 1 aliphatic heterocycles. The van der Waals surface area contributed by atoms with Crippen LogP contribution in [0.15, 0.2) is 23.0 Å². The summed E-state index contributed by atoms with van der Waals surface area (Å²) in [5.74, 6) is 1.86. The van der Waals surface area contributed by atoms with Gasteiger partial charge in [-0.15, -0.1) is 0 Å². The molecule has 1 aliphatic rings. The Balaban J connectivity index is 1.87. The zero-order valence-electron chi connectivity index (χ0n) is 10.9. The van der Waals surface area contributed by atoms with E-state index >= 15 is 0 Å². The molecular weight excluding hydrogens is 276 g/mol. The van der Waals surface area contributed by atoms with Gasteiger partial charge in [-0.05, 0) is 31.0 Å². The Kier molecular flexibility index (Phi) is 3.43. The Morgan fingerprint density at radius 3 is 2.85 bits per heavy atom. The molecule has 20 heavy (non-hydrogen) atoms. The third-order valence-corrected chi connectivity index (χ3v) is 4.84. The van der Waals surface area contributed by atoms with Gasteiger partial charge < -0.3 is 11.1 Å². The second-order valence-corrected chi connectivity index (χ2v) is 6.65. The maximum atomic E-state index is 12.0. The summed E-state index contributed by atoms with van der Waals surface area (Å²) < 4.78 is 11.3. The van der Waals surface area contributed by atoms with Crippen LogP contribution in [0.5, 0.6) is 0 Å². The van der Waals surface area contributed by atoms with Crippen LogP contribution in [0, 0.1) is 0 Å². The van der Waals surface area contributed by atoms with E-state index in [1.807, 2.05) is 0 Å². The zero-order valence-corrected chi connectivity index (χ0v) is 11.7. The summed E-state index contributed by atoms with van der Waals surface area (Å²) >= 11 is 0. The standard InChI is InChI=1S/C13H16N4O2S/c14-8-1-2-11-10(7-8)12(18)17-13(16-11)15-9-3-5-20(19)6-4-9/h1-2,7,9H,3-6,14H2,(H2,15,16,17,18). The molecule has 0 atom stereocenters. The van der Waals surface area contributed by atoms with Crippen molar-refractivity contribution in [2.75, 3.05) is 22.6 Å². The average molecular weight is 292 g/mol. The van der Waals surface area contributed by atoms with Gasteiger partial charge in [-0.3, -0.25) is 14.0 Å². The molecule has 0 bridgehead atoms. The fraction of sp³-hybridized carbons (Fsp3) is 0.385. The third kappa shape index (κ3) is 2.67. The van der Waals surface area contributed by atoms with Gasteiger partial charge >= 0.3 is 0 Å². The summed E-state index contributed by atoms with van der Waals surface area (Å²) in [5, 5.41) is 3.70. The number of rotatable bonds is 2. The lowest BCUT2D eigenvalue weighted by molar-refractivity contribution is 0.620. The molecule has 106 valence electrons. The van der Waals surface area contributed by atoms with Gasteiger partial charge in [0.1, 0.15) is 0 Å². The molecule has 4 N–H and O–H groups in total. The van der Waals surface area contributed by atoms with Crippen LogP contribution in [0.4, 0.5) is 11.6 Å². The highest BCUT2D eigenvalue weighted by atomic mass is 32.2. The Labute approximate surface area is 118 Å². The van der Waals surface area contributed by atoms with Crippen LogP contribution in [0.1, 0.15) is 12.8 Å². The number of nitrogen functional groups attached to an aromatic ring is 1. The van der Waals surface area contributed by atoms with E-state index in [1.165, 1.54) is 0 Å². The molecule has 7 heteroatoms. The van der Waals surface area contributed by atoms with Crippen molar-refractivity contribution in [2.24, 2.45) is 0 Å². The van der Waals surface area contributed by atoms with Gasteiger partial charge in [0.25, 0.3) is 5.56 Å². The summed E-state index contributed by atoms with van der Waals surface area (Å²) in [4.78, 5) is 19.1. The molecule has 3 rings (SSSR count). The zero-order chi connectivity index (χ0) is 14.1. The molecule has 0 saturated carbocycles. The number of anilines is 2. The Morgan fingerprint density at radius 2 is 2.10 bits per heavy atom. The maximum Gasteiger partial charge on any atom is 0.260 e. The van der Waals surface area contributed by atoms with E-state index in [2.05, 4.69) is 15.3 Å². The molecule has 1 fully saturated rings. The third-order valence-electron chi connectivity index (χ3n) is 3.46. The number of hydrogen-bond acceptors (Lipinski definition) is 5. The molecular formula is C13H16N4O2S. The molecule has 2 heterocycles. The Hall–Kier alpha value is -1.89. The lowest BCUT2D eigenvalue weighted by atomic mass is 10.1. The van der Waals surface area contributed by atoms with Crippen LogP contribution in [-0.4, -0.2) is 31.7 Å². The SMILES string of the molecule is Nc1ccc2nc(NC3CCS(=O)CC3)[nH]c(=O)c2c1. The molecule has 0 radical (unpaired) electrons.